The third-order valence-corrected chi connectivity index (χ3v) is 6.29. The number of hydrogen-bond donors (Lipinski definition) is 2. The first-order valence-electron chi connectivity index (χ1n) is 9.36. The van der Waals surface area contributed by atoms with Crippen LogP contribution in [0.25, 0.3) is 0 Å². The molecule has 0 bridgehead atoms. The maximum Gasteiger partial charge on any atom is 0.191 e. The van der Waals surface area contributed by atoms with Crippen LogP contribution in [0.3, 0.4) is 0 Å². The number of thiophene rings is 1. The highest BCUT2D eigenvalue weighted by molar-refractivity contribution is 7.99. The van der Waals surface area contributed by atoms with E-state index in [0.717, 1.165) is 50.7 Å². The Labute approximate surface area is 165 Å². The monoisotopic (exact) mass is 388 g/mol. The quantitative estimate of drug-likeness (QED) is 0.325. The molecule has 2 heterocycles. The number of rotatable bonds is 7. The van der Waals surface area contributed by atoms with Gasteiger partial charge in [-0.3, -0.25) is 4.99 Å². The molecule has 6 heteroatoms. The standard InChI is InChI=1S/C20H28N4S2/c1-2-21-20(22-12-16-25-18-7-4-3-5-8-18)23-17-10-13-24(14-11-17)19-9-6-15-26-19/h3-9,15,17H,2,10-14,16H2,1H3,(H2,21,22,23). The van der Waals surface area contributed by atoms with Crippen molar-refractivity contribution in [3.05, 3.63) is 47.8 Å². The molecular weight excluding hydrogens is 360 g/mol. The first-order chi connectivity index (χ1) is 12.8. The van der Waals surface area contributed by atoms with Gasteiger partial charge < -0.3 is 15.5 Å². The van der Waals surface area contributed by atoms with Gasteiger partial charge in [0.1, 0.15) is 0 Å². The maximum absolute atomic E-state index is 4.75. The molecule has 1 fully saturated rings. The highest BCUT2D eigenvalue weighted by Crippen LogP contribution is 2.24. The van der Waals surface area contributed by atoms with Gasteiger partial charge in [-0.1, -0.05) is 18.2 Å². The van der Waals surface area contributed by atoms with Crippen LogP contribution in [0.2, 0.25) is 0 Å². The van der Waals surface area contributed by atoms with Gasteiger partial charge in [0.05, 0.1) is 11.5 Å². The van der Waals surface area contributed by atoms with Crippen molar-refractivity contribution in [3.8, 4) is 0 Å². The Hall–Kier alpha value is -1.66. The molecule has 1 aliphatic heterocycles. The molecular formula is C20H28N4S2. The van der Waals surface area contributed by atoms with E-state index in [4.69, 9.17) is 4.99 Å². The zero-order chi connectivity index (χ0) is 18.0. The van der Waals surface area contributed by atoms with Crippen LogP contribution in [-0.2, 0) is 0 Å². The van der Waals surface area contributed by atoms with Crippen molar-refractivity contribution in [1.82, 2.24) is 10.6 Å². The van der Waals surface area contributed by atoms with Crippen molar-refractivity contribution in [1.29, 1.82) is 0 Å². The summed E-state index contributed by atoms with van der Waals surface area (Å²) in [6, 6.07) is 15.4. The van der Waals surface area contributed by atoms with E-state index in [-0.39, 0.29) is 0 Å². The largest absolute Gasteiger partial charge is 0.363 e. The molecule has 2 N–H and O–H groups in total. The first-order valence-corrected chi connectivity index (χ1v) is 11.2. The van der Waals surface area contributed by atoms with E-state index in [2.05, 4.69) is 70.3 Å². The molecule has 4 nitrogen and oxygen atoms in total. The molecule has 0 amide bonds. The third-order valence-electron chi connectivity index (χ3n) is 4.37. The lowest BCUT2D eigenvalue weighted by molar-refractivity contribution is 0.463. The molecule has 0 unspecified atom stereocenters. The molecule has 26 heavy (non-hydrogen) atoms. The molecule has 0 aliphatic carbocycles. The van der Waals surface area contributed by atoms with Crippen molar-refractivity contribution in [2.75, 3.05) is 36.8 Å². The van der Waals surface area contributed by atoms with Crippen LogP contribution in [0.1, 0.15) is 19.8 Å². The van der Waals surface area contributed by atoms with Crippen LogP contribution in [0.4, 0.5) is 5.00 Å². The zero-order valence-electron chi connectivity index (χ0n) is 15.4. The lowest BCUT2D eigenvalue weighted by atomic mass is 10.1. The molecule has 3 rings (SSSR count). The minimum Gasteiger partial charge on any atom is -0.363 e. The Morgan fingerprint density at radius 1 is 1.19 bits per heavy atom. The lowest BCUT2D eigenvalue weighted by Gasteiger charge is -2.33. The summed E-state index contributed by atoms with van der Waals surface area (Å²) >= 11 is 3.69. The molecule has 1 aliphatic rings. The average molecular weight is 389 g/mol. The Morgan fingerprint density at radius 2 is 2.00 bits per heavy atom. The maximum atomic E-state index is 4.75. The van der Waals surface area contributed by atoms with Gasteiger partial charge in [-0.05, 0) is 49.4 Å². The van der Waals surface area contributed by atoms with Crippen molar-refractivity contribution >= 4 is 34.1 Å². The normalized spacial score (nSPS) is 15.9. The number of benzene rings is 1. The van der Waals surface area contributed by atoms with Gasteiger partial charge in [-0.25, -0.2) is 0 Å². The number of piperidine rings is 1. The van der Waals surface area contributed by atoms with E-state index in [1.54, 1.807) is 0 Å². The van der Waals surface area contributed by atoms with Crippen LogP contribution in [-0.4, -0.2) is 43.9 Å². The molecule has 2 aromatic rings. The second kappa shape index (κ2) is 10.5. The predicted octanol–water partition coefficient (Wildman–Crippen LogP) is 4.06. The van der Waals surface area contributed by atoms with Gasteiger partial charge in [0.15, 0.2) is 5.96 Å². The van der Waals surface area contributed by atoms with E-state index in [9.17, 15) is 0 Å². The second-order valence-corrected chi connectivity index (χ2v) is 8.37. The smallest absolute Gasteiger partial charge is 0.191 e. The molecule has 0 atom stereocenters. The predicted molar refractivity (Wildman–Crippen MR) is 116 cm³/mol. The van der Waals surface area contributed by atoms with Crippen molar-refractivity contribution < 1.29 is 0 Å². The summed E-state index contributed by atoms with van der Waals surface area (Å²) in [6.07, 6.45) is 2.31. The van der Waals surface area contributed by atoms with Crippen molar-refractivity contribution in [3.63, 3.8) is 0 Å². The molecule has 0 saturated carbocycles. The van der Waals surface area contributed by atoms with E-state index in [1.807, 2.05) is 23.1 Å². The van der Waals surface area contributed by atoms with Crippen LogP contribution in [0.15, 0.2) is 57.7 Å². The summed E-state index contributed by atoms with van der Waals surface area (Å²) < 4.78 is 0. The Bertz CT molecular complexity index is 650. The van der Waals surface area contributed by atoms with Crippen LogP contribution >= 0.6 is 23.1 Å². The minimum absolute atomic E-state index is 0.505. The van der Waals surface area contributed by atoms with Gasteiger partial charge >= 0.3 is 0 Å². The minimum atomic E-state index is 0.505. The molecule has 1 saturated heterocycles. The highest BCUT2D eigenvalue weighted by Gasteiger charge is 2.20. The summed E-state index contributed by atoms with van der Waals surface area (Å²) in [7, 11) is 0. The molecule has 0 radical (unpaired) electrons. The number of hydrogen-bond acceptors (Lipinski definition) is 4. The fraction of sp³-hybridized carbons (Fsp3) is 0.450. The van der Waals surface area contributed by atoms with E-state index >= 15 is 0 Å². The third kappa shape index (κ3) is 5.95. The molecule has 0 spiro atoms. The van der Waals surface area contributed by atoms with Gasteiger partial charge in [0.2, 0.25) is 0 Å². The summed E-state index contributed by atoms with van der Waals surface area (Å²) in [4.78, 5) is 8.55. The highest BCUT2D eigenvalue weighted by atomic mass is 32.2. The molecule has 140 valence electrons. The fourth-order valence-electron chi connectivity index (χ4n) is 3.05. The Kier molecular flexibility index (Phi) is 7.70. The topological polar surface area (TPSA) is 39.7 Å². The number of nitrogens with zero attached hydrogens (tertiary/aromatic N) is 2. The van der Waals surface area contributed by atoms with Crippen molar-refractivity contribution in [2.24, 2.45) is 4.99 Å². The van der Waals surface area contributed by atoms with Crippen LogP contribution < -0.4 is 15.5 Å². The Balaban J connectivity index is 1.43. The van der Waals surface area contributed by atoms with E-state index in [0.29, 0.717) is 6.04 Å². The van der Waals surface area contributed by atoms with Gasteiger partial charge in [-0.15, -0.1) is 23.1 Å². The fourth-order valence-corrected chi connectivity index (χ4v) is 4.60. The average Bonchev–Trinajstić information content (AvgIpc) is 3.21. The van der Waals surface area contributed by atoms with Crippen LogP contribution in [0.5, 0.6) is 0 Å². The Morgan fingerprint density at radius 3 is 2.69 bits per heavy atom. The van der Waals surface area contributed by atoms with E-state index < -0.39 is 0 Å². The zero-order valence-corrected chi connectivity index (χ0v) is 17.0. The summed E-state index contributed by atoms with van der Waals surface area (Å²) in [6.45, 7) is 6.06. The number of anilines is 1. The summed E-state index contributed by atoms with van der Waals surface area (Å²) in [5, 5.41) is 10.6. The van der Waals surface area contributed by atoms with Crippen molar-refractivity contribution in [2.45, 2.75) is 30.7 Å². The van der Waals surface area contributed by atoms with Gasteiger partial charge in [-0.2, -0.15) is 0 Å². The molecule has 1 aromatic heterocycles. The molecule has 1 aromatic carbocycles. The van der Waals surface area contributed by atoms with Gasteiger partial charge in [0.25, 0.3) is 0 Å². The lowest BCUT2D eigenvalue weighted by Crippen LogP contribution is -2.48. The first kappa shape index (κ1) is 19.1. The summed E-state index contributed by atoms with van der Waals surface area (Å²) in [5.74, 6) is 1.95. The second-order valence-electron chi connectivity index (χ2n) is 6.28. The number of thioether (sulfide) groups is 1. The summed E-state index contributed by atoms with van der Waals surface area (Å²) in [5.41, 5.74) is 0. The number of guanidine groups is 1. The number of nitrogens with one attached hydrogen (secondary N) is 2. The SMILES string of the molecule is CCNC(=NCCSc1ccccc1)NC1CCN(c2cccs2)CC1. The number of aliphatic imine (C=N–C) groups is 1. The van der Waals surface area contributed by atoms with E-state index in [1.165, 1.54) is 9.90 Å². The van der Waals surface area contributed by atoms with Gasteiger partial charge in [0, 0.05) is 36.3 Å². The van der Waals surface area contributed by atoms with Crippen LogP contribution in [0, 0.1) is 0 Å².